The minimum atomic E-state index is 0.311. The van der Waals surface area contributed by atoms with Crippen LogP contribution in [-0.2, 0) is 6.42 Å². The molecule has 96 valence electrons. The highest BCUT2D eigenvalue weighted by molar-refractivity contribution is 6.37. The maximum absolute atomic E-state index is 6.08. The van der Waals surface area contributed by atoms with Gasteiger partial charge in [-0.2, -0.15) is 4.98 Å². The van der Waals surface area contributed by atoms with Crippen molar-refractivity contribution in [1.82, 2.24) is 10.1 Å². The molecular formula is C12H13Cl2N3O. The molecule has 0 aliphatic carbocycles. The quantitative estimate of drug-likeness (QED) is 0.864. The molecule has 2 aromatic rings. The summed E-state index contributed by atoms with van der Waals surface area (Å²) in [6.07, 6.45) is 2.86. The first kappa shape index (κ1) is 13.2. The minimum absolute atomic E-state index is 0.311. The lowest BCUT2D eigenvalue weighted by atomic mass is 10.2. The van der Waals surface area contributed by atoms with Gasteiger partial charge in [-0.25, -0.2) is 0 Å². The van der Waals surface area contributed by atoms with Crippen LogP contribution in [0.3, 0.4) is 0 Å². The van der Waals surface area contributed by atoms with Gasteiger partial charge in [-0.15, -0.1) is 0 Å². The largest absolute Gasteiger partial charge is 0.397 e. The lowest BCUT2D eigenvalue weighted by molar-refractivity contribution is 0.421. The molecule has 18 heavy (non-hydrogen) atoms. The smallest absolute Gasteiger partial charge is 0.261 e. The molecule has 0 spiro atoms. The van der Waals surface area contributed by atoms with Crippen molar-refractivity contribution in [2.24, 2.45) is 0 Å². The maximum Gasteiger partial charge on any atom is 0.261 e. The molecular weight excluding hydrogens is 273 g/mol. The highest BCUT2D eigenvalue weighted by Gasteiger charge is 2.17. The third-order valence-electron chi connectivity index (χ3n) is 2.58. The zero-order valence-corrected chi connectivity index (χ0v) is 11.4. The van der Waals surface area contributed by atoms with Gasteiger partial charge in [0.1, 0.15) is 0 Å². The molecule has 0 bridgehead atoms. The summed E-state index contributed by atoms with van der Waals surface area (Å²) < 4.78 is 5.18. The molecule has 0 saturated heterocycles. The van der Waals surface area contributed by atoms with E-state index >= 15 is 0 Å². The predicted molar refractivity (Wildman–Crippen MR) is 72.8 cm³/mol. The van der Waals surface area contributed by atoms with E-state index < -0.39 is 0 Å². The van der Waals surface area contributed by atoms with Crippen LogP contribution in [0, 0.1) is 0 Å². The number of hydrogen-bond donors (Lipinski definition) is 1. The number of nitrogen functional groups attached to an aromatic ring is 1. The highest BCUT2D eigenvalue weighted by Crippen LogP contribution is 2.36. The molecule has 0 amide bonds. The molecule has 1 heterocycles. The van der Waals surface area contributed by atoms with E-state index in [2.05, 4.69) is 17.1 Å². The van der Waals surface area contributed by atoms with Crippen LogP contribution in [0.4, 0.5) is 5.69 Å². The number of halogens is 2. The number of anilines is 1. The van der Waals surface area contributed by atoms with Gasteiger partial charge in [0.15, 0.2) is 5.82 Å². The van der Waals surface area contributed by atoms with E-state index in [4.69, 9.17) is 33.5 Å². The first-order chi connectivity index (χ1) is 8.63. The number of nitrogens with two attached hydrogens (primary N) is 1. The van der Waals surface area contributed by atoms with Gasteiger partial charge in [-0.3, -0.25) is 0 Å². The van der Waals surface area contributed by atoms with Crippen LogP contribution in [0.1, 0.15) is 25.6 Å². The van der Waals surface area contributed by atoms with Crippen molar-refractivity contribution in [3.8, 4) is 11.5 Å². The first-order valence-corrected chi connectivity index (χ1v) is 6.45. The first-order valence-electron chi connectivity index (χ1n) is 5.70. The fourth-order valence-corrected chi connectivity index (χ4v) is 1.98. The van der Waals surface area contributed by atoms with Gasteiger partial charge >= 0.3 is 0 Å². The standard InChI is InChI=1S/C12H13Cl2N3O/c1-2-3-4-9-16-12(18-17-9)10-7(13)5-6-8(14)11(10)15/h5-6H,2-4,15H2,1H3. The summed E-state index contributed by atoms with van der Waals surface area (Å²) in [4.78, 5) is 4.28. The average Bonchev–Trinajstić information content (AvgIpc) is 2.80. The fraction of sp³-hybridized carbons (Fsp3) is 0.333. The fourth-order valence-electron chi connectivity index (χ4n) is 1.58. The topological polar surface area (TPSA) is 64.9 Å². The Hall–Kier alpha value is -1.26. The van der Waals surface area contributed by atoms with Gasteiger partial charge in [0, 0.05) is 6.42 Å². The zero-order chi connectivity index (χ0) is 13.1. The van der Waals surface area contributed by atoms with Gasteiger partial charge in [0.05, 0.1) is 21.3 Å². The predicted octanol–water partition coefficient (Wildman–Crippen LogP) is 3.97. The second kappa shape index (κ2) is 5.59. The molecule has 2 rings (SSSR count). The minimum Gasteiger partial charge on any atom is -0.397 e. The van der Waals surface area contributed by atoms with Crippen molar-refractivity contribution in [3.63, 3.8) is 0 Å². The molecule has 0 unspecified atom stereocenters. The Morgan fingerprint density at radius 1 is 1.28 bits per heavy atom. The van der Waals surface area contributed by atoms with Crippen molar-refractivity contribution in [1.29, 1.82) is 0 Å². The third kappa shape index (κ3) is 2.60. The summed E-state index contributed by atoms with van der Waals surface area (Å²) in [6, 6.07) is 3.29. The second-order valence-electron chi connectivity index (χ2n) is 3.94. The number of unbranched alkanes of at least 4 members (excludes halogenated alkanes) is 1. The van der Waals surface area contributed by atoms with E-state index in [1.165, 1.54) is 0 Å². The van der Waals surface area contributed by atoms with Crippen molar-refractivity contribution < 1.29 is 4.52 Å². The molecule has 6 heteroatoms. The van der Waals surface area contributed by atoms with Gasteiger partial charge in [-0.05, 0) is 18.6 Å². The number of benzene rings is 1. The van der Waals surface area contributed by atoms with Crippen LogP contribution in [-0.4, -0.2) is 10.1 Å². The molecule has 0 atom stereocenters. The number of aromatic nitrogens is 2. The van der Waals surface area contributed by atoms with Gasteiger partial charge in [0.2, 0.25) is 0 Å². The summed E-state index contributed by atoms with van der Waals surface area (Å²) >= 11 is 12.0. The highest BCUT2D eigenvalue weighted by atomic mass is 35.5. The molecule has 0 fully saturated rings. The molecule has 4 nitrogen and oxygen atoms in total. The normalized spacial score (nSPS) is 10.8. The monoisotopic (exact) mass is 285 g/mol. The number of aryl methyl sites for hydroxylation is 1. The lowest BCUT2D eigenvalue weighted by Crippen LogP contribution is -1.93. The number of nitrogens with zero attached hydrogens (tertiary/aromatic N) is 2. The SMILES string of the molecule is CCCCc1noc(-c2c(Cl)ccc(Cl)c2N)n1. The summed E-state index contributed by atoms with van der Waals surface area (Å²) in [6.45, 7) is 2.10. The van der Waals surface area contributed by atoms with Crippen molar-refractivity contribution in [2.45, 2.75) is 26.2 Å². The maximum atomic E-state index is 6.08. The second-order valence-corrected chi connectivity index (χ2v) is 4.75. The van der Waals surface area contributed by atoms with E-state index in [0.29, 0.717) is 33.0 Å². The van der Waals surface area contributed by atoms with Crippen LogP contribution in [0.2, 0.25) is 10.0 Å². The van der Waals surface area contributed by atoms with Gasteiger partial charge in [0.25, 0.3) is 5.89 Å². The third-order valence-corrected chi connectivity index (χ3v) is 3.22. The van der Waals surface area contributed by atoms with Gasteiger partial charge < -0.3 is 10.3 Å². The van der Waals surface area contributed by atoms with Crippen LogP contribution in [0.15, 0.2) is 16.7 Å². The van der Waals surface area contributed by atoms with E-state index in [9.17, 15) is 0 Å². The Balaban J connectivity index is 2.37. The molecule has 0 aliphatic heterocycles. The Bertz CT molecular complexity index is 554. The van der Waals surface area contributed by atoms with Crippen LogP contribution < -0.4 is 5.73 Å². The summed E-state index contributed by atoms with van der Waals surface area (Å²) in [7, 11) is 0. The number of rotatable bonds is 4. The molecule has 2 N–H and O–H groups in total. The molecule has 1 aromatic carbocycles. The Morgan fingerprint density at radius 3 is 2.72 bits per heavy atom. The summed E-state index contributed by atoms with van der Waals surface area (Å²) in [5.74, 6) is 0.966. The summed E-state index contributed by atoms with van der Waals surface area (Å²) in [5, 5.41) is 4.76. The number of hydrogen-bond acceptors (Lipinski definition) is 4. The molecule has 1 aromatic heterocycles. The Morgan fingerprint density at radius 2 is 2.00 bits per heavy atom. The Labute approximate surface area is 115 Å². The lowest BCUT2D eigenvalue weighted by Gasteiger charge is -2.04. The van der Waals surface area contributed by atoms with E-state index in [-0.39, 0.29) is 0 Å². The summed E-state index contributed by atoms with van der Waals surface area (Å²) in [5.41, 5.74) is 6.74. The molecule has 0 radical (unpaired) electrons. The van der Waals surface area contributed by atoms with Crippen LogP contribution in [0.5, 0.6) is 0 Å². The van der Waals surface area contributed by atoms with E-state index in [0.717, 1.165) is 19.3 Å². The molecule has 0 aliphatic rings. The van der Waals surface area contributed by atoms with Crippen molar-refractivity contribution >= 4 is 28.9 Å². The van der Waals surface area contributed by atoms with Gasteiger partial charge in [-0.1, -0.05) is 41.7 Å². The van der Waals surface area contributed by atoms with E-state index in [1.807, 2.05) is 0 Å². The van der Waals surface area contributed by atoms with E-state index in [1.54, 1.807) is 12.1 Å². The Kier molecular flexibility index (Phi) is 4.09. The van der Waals surface area contributed by atoms with Crippen molar-refractivity contribution in [2.75, 3.05) is 5.73 Å². The molecule has 0 saturated carbocycles. The van der Waals surface area contributed by atoms with Crippen LogP contribution in [0.25, 0.3) is 11.5 Å². The zero-order valence-electron chi connectivity index (χ0n) is 9.91. The average molecular weight is 286 g/mol. The van der Waals surface area contributed by atoms with Crippen molar-refractivity contribution in [3.05, 3.63) is 28.0 Å². The van der Waals surface area contributed by atoms with Crippen LogP contribution >= 0.6 is 23.2 Å².